The molecule has 1 amide bonds. The number of pyridine rings is 1. The third-order valence-corrected chi connectivity index (χ3v) is 5.68. The molecule has 1 saturated heterocycles. The SMILES string of the molecule is Cc1cc(NC2CCN(C(=O)C3CCCCC3)C2)ncc1Br. The van der Waals surface area contributed by atoms with Gasteiger partial charge in [-0.05, 0) is 53.7 Å². The quantitative estimate of drug-likeness (QED) is 0.886. The molecule has 120 valence electrons. The number of rotatable bonds is 3. The van der Waals surface area contributed by atoms with Crippen molar-refractivity contribution in [3.63, 3.8) is 0 Å². The fourth-order valence-electron chi connectivity index (χ4n) is 3.51. The minimum Gasteiger partial charge on any atom is -0.365 e. The Labute approximate surface area is 140 Å². The van der Waals surface area contributed by atoms with Crippen LogP contribution < -0.4 is 5.32 Å². The first-order valence-electron chi connectivity index (χ1n) is 8.31. The summed E-state index contributed by atoms with van der Waals surface area (Å²) in [6.45, 7) is 3.75. The molecule has 2 fully saturated rings. The van der Waals surface area contributed by atoms with Gasteiger partial charge in [0, 0.05) is 35.7 Å². The number of hydrogen-bond acceptors (Lipinski definition) is 3. The van der Waals surface area contributed by atoms with Crippen LogP contribution in [0.4, 0.5) is 5.82 Å². The number of anilines is 1. The lowest BCUT2D eigenvalue weighted by Crippen LogP contribution is -2.36. The average Bonchev–Trinajstić information content (AvgIpc) is 2.99. The van der Waals surface area contributed by atoms with Gasteiger partial charge in [0.15, 0.2) is 0 Å². The highest BCUT2D eigenvalue weighted by Crippen LogP contribution is 2.27. The number of amides is 1. The second kappa shape index (κ2) is 6.99. The van der Waals surface area contributed by atoms with Gasteiger partial charge in [-0.2, -0.15) is 0 Å². The van der Waals surface area contributed by atoms with Crippen molar-refractivity contribution in [1.29, 1.82) is 0 Å². The van der Waals surface area contributed by atoms with Gasteiger partial charge in [0.05, 0.1) is 0 Å². The molecule has 1 aromatic rings. The molecule has 0 radical (unpaired) electrons. The first-order chi connectivity index (χ1) is 10.6. The van der Waals surface area contributed by atoms with Gasteiger partial charge in [0.1, 0.15) is 5.82 Å². The lowest BCUT2D eigenvalue weighted by molar-refractivity contribution is -0.135. The third-order valence-electron chi connectivity index (χ3n) is 4.85. The molecule has 4 nitrogen and oxygen atoms in total. The van der Waals surface area contributed by atoms with Crippen LogP contribution in [0.3, 0.4) is 0 Å². The minimum atomic E-state index is 0.278. The molecule has 2 heterocycles. The molecule has 1 atom stereocenters. The molecule has 1 aliphatic carbocycles. The van der Waals surface area contributed by atoms with E-state index in [9.17, 15) is 4.79 Å². The number of halogens is 1. The number of aromatic nitrogens is 1. The molecule has 0 bridgehead atoms. The van der Waals surface area contributed by atoms with E-state index in [4.69, 9.17) is 0 Å². The molecule has 1 saturated carbocycles. The van der Waals surface area contributed by atoms with Crippen LogP contribution in [-0.4, -0.2) is 34.9 Å². The molecule has 3 rings (SSSR count). The molecular weight excluding hydrogens is 342 g/mol. The molecule has 1 unspecified atom stereocenters. The molecule has 22 heavy (non-hydrogen) atoms. The third kappa shape index (κ3) is 3.62. The zero-order valence-corrected chi connectivity index (χ0v) is 14.7. The van der Waals surface area contributed by atoms with Crippen LogP contribution in [0.1, 0.15) is 44.1 Å². The molecule has 0 aromatic carbocycles. The van der Waals surface area contributed by atoms with Crippen LogP contribution in [0.25, 0.3) is 0 Å². The Hall–Kier alpha value is -1.10. The first kappa shape index (κ1) is 15.8. The second-order valence-electron chi connectivity index (χ2n) is 6.57. The summed E-state index contributed by atoms with van der Waals surface area (Å²) in [4.78, 5) is 19.0. The zero-order chi connectivity index (χ0) is 15.5. The fourth-order valence-corrected chi connectivity index (χ4v) is 3.73. The van der Waals surface area contributed by atoms with Crippen molar-refractivity contribution < 1.29 is 4.79 Å². The monoisotopic (exact) mass is 365 g/mol. The van der Waals surface area contributed by atoms with Gasteiger partial charge in [-0.15, -0.1) is 0 Å². The number of nitrogens with zero attached hydrogens (tertiary/aromatic N) is 2. The summed E-state index contributed by atoms with van der Waals surface area (Å²) in [6, 6.07) is 2.37. The van der Waals surface area contributed by atoms with Crippen LogP contribution in [0.2, 0.25) is 0 Å². The summed E-state index contributed by atoms with van der Waals surface area (Å²) in [5, 5.41) is 3.47. The van der Waals surface area contributed by atoms with Gasteiger partial charge in [-0.1, -0.05) is 19.3 Å². The van der Waals surface area contributed by atoms with Gasteiger partial charge in [-0.3, -0.25) is 4.79 Å². The predicted molar refractivity (Wildman–Crippen MR) is 91.9 cm³/mol. The summed E-state index contributed by atoms with van der Waals surface area (Å²) in [6.07, 6.45) is 8.74. The smallest absolute Gasteiger partial charge is 0.225 e. The largest absolute Gasteiger partial charge is 0.365 e. The predicted octanol–water partition coefficient (Wildman–Crippen LogP) is 3.75. The molecule has 0 spiro atoms. The molecular formula is C17H24BrN3O. The first-order valence-corrected chi connectivity index (χ1v) is 9.10. The fraction of sp³-hybridized carbons (Fsp3) is 0.647. The lowest BCUT2D eigenvalue weighted by Gasteiger charge is -2.26. The Morgan fingerprint density at radius 3 is 2.82 bits per heavy atom. The van der Waals surface area contributed by atoms with Crippen molar-refractivity contribution in [1.82, 2.24) is 9.88 Å². The van der Waals surface area contributed by atoms with Crippen LogP contribution in [-0.2, 0) is 4.79 Å². The van der Waals surface area contributed by atoms with Gasteiger partial charge >= 0.3 is 0 Å². The highest BCUT2D eigenvalue weighted by Gasteiger charge is 2.31. The van der Waals surface area contributed by atoms with Gasteiger partial charge in [0.2, 0.25) is 5.91 Å². The summed E-state index contributed by atoms with van der Waals surface area (Å²) in [5.74, 6) is 1.56. The van der Waals surface area contributed by atoms with E-state index in [0.717, 1.165) is 42.6 Å². The summed E-state index contributed by atoms with van der Waals surface area (Å²) >= 11 is 3.47. The van der Waals surface area contributed by atoms with Crippen molar-refractivity contribution in [3.8, 4) is 0 Å². The minimum absolute atomic E-state index is 0.278. The number of carbonyl (C=O) groups excluding carboxylic acids is 1. The Morgan fingerprint density at radius 1 is 1.32 bits per heavy atom. The van der Waals surface area contributed by atoms with Crippen LogP contribution in [0.5, 0.6) is 0 Å². The van der Waals surface area contributed by atoms with E-state index in [1.165, 1.54) is 24.8 Å². The molecule has 1 aliphatic heterocycles. The molecule has 1 N–H and O–H groups in total. The van der Waals surface area contributed by atoms with E-state index in [1.807, 2.05) is 6.20 Å². The standard InChI is InChI=1S/C17H24BrN3O/c1-12-9-16(19-10-15(12)18)20-14-7-8-21(11-14)17(22)13-5-3-2-4-6-13/h9-10,13-14H,2-8,11H2,1H3,(H,19,20). The average molecular weight is 366 g/mol. The Balaban J connectivity index is 1.55. The summed E-state index contributed by atoms with van der Waals surface area (Å²) < 4.78 is 1.03. The van der Waals surface area contributed by atoms with E-state index in [-0.39, 0.29) is 5.92 Å². The van der Waals surface area contributed by atoms with E-state index in [2.05, 4.69) is 44.1 Å². The van der Waals surface area contributed by atoms with Gasteiger partial charge in [0.25, 0.3) is 0 Å². The number of aryl methyl sites for hydroxylation is 1. The highest BCUT2D eigenvalue weighted by molar-refractivity contribution is 9.10. The van der Waals surface area contributed by atoms with Crippen molar-refractivity contribution in [2.24, 2.45) is 5.92 Å². The van der Waals surface area contributed by atoms with Gasteiger partial charge < -0.3 is 10.2 Å². The van der Waals surface area contributed by atoms with Crippen LogP contribution in [0.15, 0.2) is 16.7 Å². The maximum atomic E-state index is 12.6. The number of nitrogens with one attached hydrogen (secondary N) is 1. The summed E-state index contributed by atoms with van der Waals surface area (Å²) in [7, 11) is 0. The van der Waals surface area contributed by atoms with E-state index in [1.54, 1.807) is 0 Å². The second-order valence-corrected chi connectivity index (χ2v) is 7.42. The lowest BCUT2D eigenvalue weighted by atomic mass is 9.88. The van der Waals surface area contributed by atoms with Gasteiger partial charge in [-0.25, -0.2) is 4.98 Å². The Bertz CT molecular complexity index is 543. The topological polar surface area (TPSA) is 45.2 Å². The van der Waals surface area contributed by atoms with Crippen molar-refractivity contribution in [3.05, 3.63) is 22.3 Å². The maximum absolute atomic E-state index is 12.6. The molecule has 1 aromatic heterocycles. The normalized spacial score (nSPS) is 22.8. The number of hydrogen-bond donors (Lipinski definition) is 1. The number of carbonyl (C=O) groups is 1. The van der Waals surface area contributed by atoms with E-state index in [0.29, 0.717) is 11.9 Å². The van der Waals surface area contributed by atoms with Crippen molar-refractivity contribution in [2.75, 3.05) is 18.4 Å². The highest BCUT2D eigenvalue weighted by atomic mass is 79.9. The molecule has 2 aliphatic rings. The van der Waals surface area contributed by atoms with Crippen LogP contribution >= 0.6 is 15.9 Å². The summed E-state index contributed by atoms with van der Waals surface area (Å²) in [5.41, 5.74) is 1.17. The maximum Gasteiger partial charge on any atom is 0.225 e. The van der Waals surface area contributed by atoms with Crippen molar-refractivity contribution in [2.45, 2.75) is 51.5 Å². The van der Waals surface area contributed by atoms with Crippen LogP contribution in [0, 0.1) is 12.8 Å². The van der Waals surface area contributed by atoms with E-state index < -0.39 is 0 Å². The zero-order valence-electron chi connectivity index (χ0n) is 13.1. The Morgan fingerprint density at radius 2 is 2.09 bits per heavy atom. The van der Waals surface area contributed by atoms with Crippen molar-refractivity contribution >= 4 is 27.7 Å². The Kier molecular flexibility index (Phi) is 5.01. The number of likely N-dealkylation sites (tertiary alicyclic amines) is 1. The van der Waals surface area contributed by atoms with E-state index >= 15 is 0 Å². The molecule has 5 heteroatoms.